The van der Waals surface area contributed by atoms with Gasteiger partial charge in [-0.2, -0.15) is 0 Å². The van der Waals surface area contributed by atoms with E-state index in [-0.39, 0.29) is 0 Å². The fourth-order valence-corrected chi connectivity index (χ4v) is 3.98. The number of rotatable bonds is 4. The van der Waals surface area contributed by atoms with Crippen molar-refractivity contribution in [1.82, 2.24) is 4.98 Å². The van der Waals surface area contributed by atoms with Crippen LogP contribution in [-0.4, -0.2) is 29.1 Å². The fraction of sp³-hybridized carbons (Fsp3) is 0.375. The van der Waals surface area contributed by atoms with Crippen molar-refractivity contribution in [3.8, 4) is 0 Å². The molecule has 0 amide bonds. The zero-order valence-electron chi connectivity index (χ0n) is 12.0. The van der Waals surface area contributed by atoms with Gasteiger partial charge in [0, 0.05) is 29.7 Å². The summed E-state index contributed by atoms with van der Waals surface area (Å²) in [6.07, 6.45) is 3.78. The van der Waals surface area contributed by atoms with Gasteiger partial charge < -0.3 is 10.0 Å². The quantitative estimate of drug-likeness (QED) is 0.924. The lowest BCUT2D eigenvalue weighted by molar-refractivity contribution is -0.149. The van der Waals surface area contributed by atoms with E-state index >= 15 is 0 Å². The van der Waals surface area contributed by atoms with Crippen LogP contribution in [0, 0.1) is 5.41 Å². The molecule has 6 heteroatoms. The molecule has 1 aliphatic heterocycles. The van der Waals surface area contributed by atoms with E-state index in [0.717, 1.165) is 23.7 Å². The molecule has 1 fully saturated rings. The van der Waals surface area contributed by atoms with E-state index in [1.54, 1.807) is 23.6 Å². The Labute approximate surface area is 138 Å². The van der Waals surface area contributed by atoms with Crippen LogP contribution >= 0.6 is 22.9 Å². The standard InChI is InChI=1S/C16H17ClN2O2S/c17-13-4-1-3-12(9-13)10-16(14(20)21)5-2-7-19(11-16)15-18-6-8-22-15/h1,3-4,6,8-9H,2,5,7,10-11H2,(H,20,21)/t16-/m0/s1. The minimum atomic E-state index is -0.783. The molecule has 3 rings (SSSR count). The Balaban J connectivity index is 1.86. The lowest BCUT2D eigenvalue weighted by Crippen LogP contribution is -2.49. The molecule has 0 radical (unpaired) electrons. The van der Waals surface area contributed by atoms with Gasteiger partial charge in [0.2, 0.25) is 0 Å². The second kappa shape index (κ2) is 6.26. The van der Waals surface area contributed by atoms with E-state index in [0.29, 0.717) is 24.4 Å². The van der Waals surface area contributed by atoms with E-state index in [1.807, 2.05) is 23.6 Å². The number of carboxylic acid groups (broad SMARTS) is 1. The molecule has 22 heavy (non-hydrogen) atoms. The fourth-order valence-electron chi connectivity index (χ4n) is 3.10. The highest BCUT2D eigenvalue weighted by Gasteiger charge is 2.43. The van der Waals surface area contributed by atoms with Crippen LogP contribution in [0.15, 0.2) is 35.8 Å². The van der Waals surface area contributed by atoms with Crippen molar-refractivity contribution in [1.29, 1.82) is 0 Å². The first-order chi connectivity index (χ1) is 10.6. The van der Waals surface area contributed by atoms with Crippen molar-refractivity contribution in [2.75, 3.05) is 18.0 Å². The number of thiazole rings is 1. The number of hydrogen-bond donors (Lipinski definition) is 1. The van der Waals surface area contributed by atoms with Gasteiger partial charge in [0.1, 0.15) is 0 Å². The minimum Gasteiger partial charge on any atom is -0.481 e. The number of nitrogens with zero attached hydrogens (tertiary/aromatic N) is 2. The lowest BCUT2D eigenvalue weighted by Gasteiger charge is -2.40. The van der Waals surface area contributed by atoms with Crippen LogP contribution in [0.3, 0.4) is 0 Å². The molecule has 0 bridgehead atoms. The summed E-state index contributed by atoms with van der Waals surface area (Å²) in [6, 6.07) is 7.48. The molecule has 4 nitrogen and oxygen atoms in total. The van der Waals surface area contributed by atoms with Crippen molar-refractivity contribution in [3.63, 3.8) is 0 Å². The Morgan fingerprint density at radius 3 is 3.05 bits per heavy atom. The molecule has 0 saturated carbocycles. The summed E-state index contributed by atoms with van der Waals surface area (Å²) >= 11 is 7.58. The number of aliphatic carboxylic acids is 1. The Bertz CT molecular complexity index is 662. The van der Waals surface area contributed by atoms with Crippen LogP contribution in [0.5, 0.6) is 0 Å². The third-order valence-electron chi connectivity index (χ3n) is 4.15. The lowest BCUT2D eigenvalue weighted by atomic mass is 9.75. The molecule has 0 spiro atoms. The second-order valence-corrected chi connectivity index (χ2v) is 7.04. The Morgan fingerprint density at radius 2 is 2.36 bits per heavy atom. The van der Waals surface area contributed by atoms with Gasteiger partial charge in [-0.3, -0.25) is 4.79 Å². The van der Waals surface area contributed by atoms with Crippen molar-refractivity contribution in [2.24, 2.45) is 5.41 Å². The maximum Gasteiger partial charge on any atom is 0.311 e. The molecule has 1 saturated heterocycles. The van der Waals surface area contributed by atoms with Crippen molar-refractivity contribution >= 4 is 34.0 Å². The predicted molar refractivity (Wildman–Crippen MR) is 88.8 cm³/mol. The summed E-state index contributed by atoms with van der Waals surface area (Å²) in [5, 5.41) is 13.3. The smallest absolute Gasteiger partial charge is 0.311 e. The van der Waals surface area contributed by atoms with Gasteiger partial charge in [-0.25, -0.2) is 4.98 Å². The van der Waals surface area contributed by atoms with Gasteiger partial charge in [-0.15, -0.1) is 11.3 Å². The zero-order chi connectivity index (χ0) is 15.6. The Kier molecular flexibility index (Phi) is 4.36. The second-order valence-electron chi connectivity index (χ2n) is 5.73. The van der Waals surface area contributed by atoms with Gasteiger partial charge in [-0.1, -0.05) is 23.7 Å². The summed E-state index contributed by atoms with van der Waals surface area (Å²) in [6.45, 7) is 1.35. The van der Waals surface area contributed by atoms with E-state index in [4.69, 9.17) is 11.6 Å². The molecule has 2 heterocycles. The van der Waals surface area contributed by atoms with Crippen LogP contribution in [0.4, 0.5) is 5.13 Å². The minimum absolute atomic E-state index is 0.488. The first kappa shape index (κ1) is 15.3. The van der Waals surface area contributed by atoms with Crippen molar-refractivity contribution in [2.45, 2.75) is 19.3 Å². The molecule has 1 N–H and O–H groups in total. The molecule has 1 atom stereocenters. The van der Waals surface area contributed by atoms with Gasteiger partial charge in [0.25, 0.3) is 0 Å². The number of anilines is 1. The molecule has 0 unspecified atom stereocenters. The summed E-state index contributed by atoms with van der Waals surface area (Å²) in [5.41, 5.74) is 0.185. The third kappa shape index (κ3) is 3.10. The number of piperidine rings is 1. The molecule has 1 aromatic carbocycles. The van der Waals surface area contributed by atoms with Crippen LogP contribution in [0.2, 0.25) is 5.02 Å². The number of hydrogen-bond acceptors (Lipinski definition) is 4. The maximum atomic E-state index is 12.0. The highest BCUT2D eigenvalue weighted by Crippen LogP contribution is 2.37. The molecular formula is C16H17ClN2O2S. The van der Waals surface area contributed by atoms with Crippen LogP contribution in [-0.2, 0) is 11.2 Å². The van der Waals surface area contributed by atoms with Gasteiger partial charge in [0.05, 0.1) is 5.41 Å². The highest BCUT2D eigenvalue weighted by molar-refractivity contribution is 7.13. The van der Waals surface area contributed by atoms with E-state index in [2.05, 4.69) is 9.88 Å². The van der Waals surface area contributed by atoms with E-state index < -0.39 is 11.4 Å². The van der Waals surface area contributed by atoms with Gasteiger partial charge in [0.15, 0.2) is 5.13 Å². The van der Waals surface area contributed by atoms with Gasteiger partial charge >= 0.3 is 5.97 Å². The molecule has 2 aromatic rings. The van der Waals surface area contributed by atoms with Crippen LogP contribution in [0.25, 0.3) is 0 Å². The average molecular weight is 337 g/mol. The Hall–Kier alpha value is -1.59. The monoisotopic (exact) mass is 336 g/mol. The number of benzene rings is 1. The molecule has 0 aliphatic carbocycles. The summed E-state index contributed by atoms with van der Waals surface area (Å²) in [7, 11) is 0. The predicted octanol–water partition coefficient (Wildman–Crippen LogP) is 3.71. The van der Waals surface area contributed by atoms with Crippen molar-refractivity contribution < 1.29 is 9.90 Å². The number of carboxylic acids is 1. The number of aromatic nitrogens is 1. The molecule has 1 aliphatic rings. The van der Waals surface area contributed by atoms with Crippen LogP contribution in [0.1, 0.15) is 18.4 Å². The third-order valence-corrected chi connectivity index (χ3v) is 5.22. The number of carbonyl (C=O) groups is 1. The molecular weight excluding hydrogens is 320 g/mol. The normalized spacial score (nSPS) is 21.8. The van der Waals surface area contributed by atoms with Gasteiger partial charge in [-0.05, 0) is 37.0 Å². The average Bonchev–Trinajstić information content (AvgIpc) is 3.01. The van der Waals surface area contributed by atoms with Crippen LogP contribution < -0.4 is 4.90 Å². The zero-order valence-corrected chi connectivity index (χ0v) is 13.6. The topological polar surface area (TPSA) is 53.4 Å². The first-order valence-electron chi connectivity index (χ1n) is 7.21. The summed E-state index contributed by atoms with van der Waals surface area (Å²) < 4.78 is 0. The maximum absolute atomic E-state index is 12.0. The summed E-state index contributed by atoms with van der Waals surface area (Å²) in [5.74, 6) is -0.742. The highest BCUT2D eigenvalue weighted by atomic mass is 35.5. The molecule has 1 aromatic heterocycles. The SMILES string of the molecule is O=C(O)[C@]1(Cc2cccc(Cl)c2)CCCN(c2nccs2)C1. The molecule has 116 valence electrons. The van der Waals surface area contributed by atoms with E-state index in [9.17, 15) is 9.90 Å². The largest absolute Gasteiger partial charge is 0.481 e. The Morgan fingerprint density at radius 1 is 1.50 bits per heavy atom. The van der Waals surface area contributed by atoms with Crippen molar-refractivity contribution in [3.05, 3.63) is 46.4 Å². The van der Waals surface area contributed by atoms with E-state index in [1.165, 1.54) is 0 Å². The number of halogens is 1. The first-order valence-corrected chi connectivity index (χ1v) is 8.47. The summed E-state index contributed by atoms with van der Waals surface area (Å²) in [4.78, 5) is 18.4.